The van der Waals surface area contributed by atoms with E-state index >= 15 is 0 Å². The van der Waals surface area contributed by atoms with Gasteiger partial charge in [0.2, 0.25) is 11.8 Å². The second-order valence-electron chi connectivity index (χ2n) is 6.58. The second kappa shape index (κ2) is 6.10. The molecule has 0 radical (unpaired) electrons. The van der Waals surface area contributed by atoms with Gasteiger partial charge in [-0.15, -0.1) is 0 Å². The minimum Gasteiger partial charge on any atom is -0.479 e. The van der Waals surface area contributed by atoms with Crippen molar-refractivity contribution in [3.8, 4) is 0 Å². The Bertz CT molecular complexity index is 486. The Labute approximate surface area is 134 Å². The number of rotatable bonds is 4. The van der Waals surface area contributed by atoms with Crippen LogP contribution in [0.5, 0.6) is 0 Å². The highest BCUT2D eigenvalue weighted by Gasteiger charge is 2.45. The number of hydrogen-bond donors (Lipinski definition) is 2. The highest BCUT2D eigenvalue weighted by molar-refractivity contribution is 7.99. The predicted octanol–water partition coefficient (Wildman–Crippen LogP) is 0.711. The molecular formula is C15H22N2O4S. The van der Waals surface area contributed by atoms with Gasteiger partial charge in [-0.2, -0.15) is 11.8 Å². The fourth-order valence-electron chi connectivity index (χ4n) is 3.20. The van der Waals surface area contributed by atoms with Gasteiger partial charge >= 0.3 is 5.97 Å². The van der Waals surface area contributed by atoms with E-state index in [2.05, 4.69) is 5.32 Å². The van der Waals surface area contributed by atoms with Crippen LogP contribution in [-0.2, 0) is 14.4 Å². The molecule has 1 saturated carbocycles. The SMILES string of the molecule is O=C(NC1(C(=O)O)CCSC1)C1CCCN(C(=O)C2CC2)C1. The van der Waals surface area contributed by atoms with Crippen LogP contribution in [0.4, 0.5) is 0 Å². The number of aliphatic carboxylic acids is 1. The summed E-state index contributed by atoms with van der Waals surface area (Å²) in [4.78, 5) is 38.0. The highest BCUT2D eigenvalue weighted by Crippen LogP contribution is 2.33. The van der Waals surface area contributed by atoms with Gasteiger partial charge in [0.05, 0.1) is 5.92 Å². The monoisotopic (exact) mass is 326 g/mol. The lowest BCUT2D eigenvalue weighted by molar-refractivity contribution is -0.148. The topological polar surface area (TPSA) is 86.7 Å². The molecule has 0 aromatic carbocycles. The van der Waals surface area contributed by atoms with E-state index in [1.54, 1.807) is 16.7 Å². The van der Waals surface area contributed by atoms with E-state index in [1.165, 1.54) is 0 Å². The Morgan fingerprint density at radius 1 is 1.18 bits per heavy atom. The van der Waals surface area contributed by atoms with Crippen LogP contribution in [0.2, 0.25) is 0 Å². The number of carbonyl (C=O) groups excluding carboxylic acids is 2. The number of carboxylic acid groups (broad SMARTS) is 1. The third-order valence-electron chi connectivity index (χ3n) is 4.82. The number of carboxylic acids is 1. The van der Waals surface area contributed by atoms with Gasteiger partial charge in [-0.25, -0.2) is 4.79 Å². The third kappa shape index (κ3) is 3.09. The average Bonchev–Trinajstić information content (AvgIpc) is 3.26. The van der Waals surface area contributed by atoms with E-state index < -0.39 is 11.5 Å². The van der Waals surface area contributed by atoms with Gasteiger partial charge in [-0.05, 0) is 37.9 Å². The van der Waals surface area contributed by atoms with Crippen LogP contribution in [0, 0.1) is 11.8 Å². The number of piperidine rings is 1. The average molecular weight is 326 g/mol. The van der Waals surface area contributed by atoms with Crippen molar-refractivity contribution in [3.05, 3.63) is 0 Å². The largest absolute Gasteiger partial charge is 0.479 e. The summed E-state index contributed by atoms with van der Waals surface area (Å²) < 4.78 is 0. The zero-order valence-corrected chi connectivity index (χ0v) is 13.4. The molecule has 0 aromatic heterocycles. The molecule has 7 heteroatoms. The van der Waals surface area contributed by atoms with Crippen molar-refractivity contribution in [2.75, 3.05) is 24.6 Å². The summed E-state index contributed by atoms with van der Waals surface area (Å²) in [6.07, 6.45) is 3.93. The van der Waals surface area contributed by atoms with Gasteiger partial charge in [-0.1, -0.05) is 0 Å². The van der Waals surface area contributed by atoms with Gasteiger partial charge in [0.15, 0.2) is 0 Å². The lowest BCUT2D eigenvalue weighted by atomic mass is 9.93. The fourth-order valence-corrected chi connectivity index (χ4v) is 4.53. The fraction of sp³-hybridized carbons (Fsp3) is 0.800. The number of thioether (sulfide) groups is 1. The molecule has 1 aliphatic carbocycles. The molecule has 2 amide bonds. The van der Waals surface area contributed by atoms with Crippen LogP contribution in [-0.4, -0.2) is 57.9 Å². The zero-order chi connectivity index (χ0) is 15.7. The van der Waals surface area contributed by atoms with Crippen LogP contribution >= 0.6 is 11.8 Å². The molecule has 2 N–H and O–H groups in total. The Morgan fingerprint density at radius 2 is 1.95 bits per heavy atom. The van der Waals surface area contributed by atoms with Crippen LogP contribution in [0.3, 0.4) is 0 Å². The van der Waals surface area contributed by atoms with E-state index in [9.17, 15) is 19.5 Å². The molecule has 122 valence electrons. The highest BCUT2D eigenvalue weighted by atomic mass is 32.2. The Kier molecular flexibility index (Phi) is 4.34. The molecule has 3 rings (SSSR count). The number of nitrogens with zero attached hydrogens (tertiary/aromatic N) is 1. The van der Waals surface area contributed by atoms with Crippen LogP contribution in [0.1, 0.15) is 32.1 Å². The van der Waals surface area contributed by atoms with Crippen molar-refractivity contribution in [2.24, 2.45) is 11.8 Å². The Balaban J connectivity index is 1.61. The first kappa shape index (κ1) is 15.6. The van der Waals surface area contributed by atoms with Gasteiger partial charge < -0.3 is 15.3 Å². The van der Waals surface area contributed by atoms with Gasteiger partial charge in [-0.3, -0.25) is 9.59 Å². The summed E-state index contributed by atoms with van der Waals surface area (Å²) in [5, 5.41) is 12.2. The van der Waals surface area contributed by atoms with E-state index in [-0.39, 0.29) is 23.7 Å². The Morgan fingerprint density at radius 3 is 2.55 bits per heavy atom. The molecule has 2 unspecified atom stereocenters. The second-order valence-corrected chi connectivity index (χ2v) is 7.68. The molecule has 2 saturated heterocycles. The number of nitrogens with one attached hydrogen (secondary N) is 1. The van der Waals surface area contributed by atoms with Crippen molar-refractivity contribution in [3.63, 3.8) is 0 Å². The number of likely N-dealkylation sites (tertiary alicyclic amines) is 1. The minimum absolute atomic E-state index is 0.165. The van der Waals surface area contributed by atoms with Crippen molar-refractivity contribution in [1.29, 1.82) is 0 Å². The van der Waals surface area contributed by atoms with Crippen LogP contribution in [0.15, 0.2) is 0 Å². The van der Waals surface area contributed by atoms with Crippen molar-refractivity contribution in [2.45, 2.75) is 37.6 Å². The number of carbonyl (C=O) groups is 3. The quantitative estimate of drug-likeness (QED) is 0.795. The molecule has 0 spiro atoms. The third-order valence-corrected chi connectivity index (χ3v) is 6.01. The maximum atomic E-state index is 12.5. The van der Waals surface area contributed by atoms with Crippen molar-refractivity contribution >= 4 is 29.5 Å². The summed E-state index contributed by atoms with van der Waals surface area (Å²) in [7, 11) is 0. The van der Waals surface area contributed by atoms with Crippen LogP contribution < -0.4 is 5.32 Å². The first-order valence-electron chi connectivity index (χ1n) is 7.94. The Hall–Kier alpha value is -1.24. The molecule has 2 aliphatic heterocycles. The standard InChI is InChI=1S/C15H22N2O4S/c18-12(16-15(14(20)21)5-7-22-9-15)11-2-1-6-17(8-11)13(19)10-3-4-10/h10-11H,1-9H2,(H,16,18)(H,20,21). The molecule has 3 aliphatic rings. The van der Waals surface area contributed by atoms with E-state index in [0.29, 0.717) is 18.7 Å². The lowest BCUT2D eigenvalue weighted by Crippen LogP contribution is -2.58. The summed E-state index contributed by atoms with van der Waals surface area (Å²) >= 11 is 1.56. The maximum Gasteiger partial charge on any atom is 0.330 e. The lowest BCUT2D eigenvalue weighted by Gasteiger charge is -2.34. The number of amides is 2. The van der Waals surface area contributed by atoms with Gasteiger partial charge in [0, 0.05) is 24.8 Å². The van der Waals surface area contributed by atoms with Crippen LogP contribution in [0.25, 0.3) is 0 Å². The zero-order valence-electron chi connectivity index (χ0n) is 12.5. The summed E-state index contributed by atoms with van der Waals surface area (Å²) in [6, 6.07) is 0. The molecule has 3 fully saturated rings. The summed E-state index contributed by atoms with van der Waals surface area (Å²) in [6.45, 7) is 1.16. The van der Waals surface area contributed by atoms with E-state index in [4.69, 9.17) is 0 Å². The number of hydrogen-bond acceptors (Lipinski definition) is 4. The predicted molar refractivity (Wildman–Crippen MR) is 82.5 cm³/mol. The van der Waals surface area contributed by atoms with E-state index in [1.807, 2.05) is 0 Å². The minimum atomic E-state index is -1.12. The maximum absolute atomic E-state index is 12.5. The molecular weight excluding hydrogens is 304 g/mol. The van der Waals surface area contributed by atoms with Gasteiger partial charge in [0.1, 0.15) is 5.54 Å². The molecule has 0 aromatic rings. The summed E-state index contributed by atoms with van der Waals surface area (Å²) in [5.41, 5.74) is -1.12. The molecule has 2 atom stereocenters. The molecule has 2 heterocycles. The summed E-state index contributed by atoms with van der Waals surface area (Å²) in [5.74, 6) is 0.0685. The molecule has 0 bridgehead atoms. The smallest absolute Gasteiger partial charge is 0.330 e. The molecule has 22 heavy (non-hydrogen) atoms. The van der Waals surface area contributed by atoms with Crippen molar-refractivity contribution < 1.29 is 19.5 Å². The van der Waals surface area contributed by atoms with E-state index in [0.717, 1.165) is 38.0 Å². The molecule has 6 nitrogen and oxygen atoms in total. The first-order valence-corrected chi connectivity index (χ1v) is 9.09. The normalized spacial score (nSPS) is 31.8. The van der Waals surface area contributed by atoms with Gasteiger partial charge in [0.25, 0.3) is 0 Å². The van der Waals surface area contributed by atoms with Crippen molar-refractivity contribution in [1.82, 2.24) is 10.2 Å². The first-order chi connectivity index (χ1) is 10.5.